The number of hydrogen-bond acceptors (Lipinski definition) is 3. The fourth-order valence-electron chi connectivity index (χ4n) is 0.634. The summed E-state index contributed by atoms with van der Waals surface area (Å²) in [6, 6.07) is 1.50. The molecule has 0 aliphatic heterocycles. The maximum atomic E-state index is 10.3. The third-order valence-electron chi connectivity index (χ3n) is 1.09. The number of halogens is 1. The summed E-state index contributed by atoms with van der Waals surface area (Å²) >= 11 is 3.17. The quantitative estimate of drug-likeness (QED) is 0.799. The zero-order valence-corrected chi connectivity index (χ0v) is 7.69. The average Bonchev–Trinajstić information content (AvgIpc) is 2.48. The first-order valence-corrected chi connectivity index (χ1v) is 4.34. The molecule has 0 saturated carbocycles. The normalized spacial score (nSPS) is 9.75. The second-order valence-corrected chi connectivity index (χ2v) is 2.71. The third-order valence-corrected chi connectivity index (χ3v) is 1.41. The maximum Gasteiger partial charge on any atom is 0.432 e. The van der Waals surface area contributed by atoms with Crippen molar-refractivity contribution in [1.82, 2.24) is 9.78 Å². The molecule has 1 aromatic heterocycles. The highest BCUT2D eigenvalue weighted by molar-refractivity contribution is 9.09. The Balaban J connectivity index is 2.58. The van der Waals surface area contributed by atoms with Gasteiger partial charge in [-0.1, -0.05) is 15.9 Å². The van der Waals surface area contributed by atoms with Gasteiger partial charge in [0.25, 0.3) is 0 Å². The molecular weight excluding hydrogens is 228 g/mol. The van der Waals surface area contributed by atoms with Crippen molar-refractivity contribution < 1.29 is 14.6 Å². The molecule has 0 fully saturated rings. The van der Waals surface area contributed by atoms with Crippen molar-refractivity contribution in [2.24, 2.45) is 0 Å². The van der Waals surface area contributed by atoms with Crippen molar-refractivity contribution in [2.45, 2.75) is 0 Å². The monoisotopic (exact) mass is 234 g/mol. The molecule has 1 aromatic rings. The Morgan fingerprint density at radius 1 is 1.83 bits per heavy atom. The Labute approximate surface area is 77.1 Å². The molecule has 0 saturated heterocycles. The lowest BCUT2D eigenvalue weighted by atomic mass is 10.7. The maximum absolute atomic E-state index is 10.3. The van der Waals surface area contributed by atoms with Gasteiger partial charge in [0.1, 0.15) is 0 Å². The summed E-state index contributed by atoms with van der Waals surface area (Å²) in [4.78, 5) is 10.3. The van der Waals surface area contributed by atoms with E-state index in [0.717, 1.165) is 4.68 Å². The van der Waals surface area contributed by atoms with Crippen LogP contribution in [0, 0.1) is 0 Å². The molecule has 0 aliphatic carbocycles. The number of ether oxygens (including phenoxy) is 1. The van der Waals surface area contributed by atoms with Gasteiger partial charge in [-0.3, -0.25) is 0 Å². The van der Waals surface area contributed by atoms with Crippen LogP contribution in [0.5, 0.6) is 5.88 Å². The fourth-order valence-corrected chi connectivity index (χ4v) is 0.796. The van der Waals surface area contributed by atoms with E-state index in [-0.39, 0.29) is 0 Å². The van der Waals surface area contributed by atoms with Gasteiger partial charge >= 0.3 is 6.09 Å². The highest BCUT2D eigenvalue weighted by Gasteiger charge is 2.03. The Morgan fingerprint density at radius 3 is 3.08 bits per heavy atom. The molecule has 12 heavy (non-hydrogen) atoms. The number of nitrogens with zero attached hydrogens (tertiary/aromatic N) is 2. The standard InChI is InChI=1S/C6H7BrN2O3/c7-2-4-12-5-1-3-9(8-5)6(10)11/h1,3H,2,4H2,(H,10,11). The smallest absolute Gasteiger partial charge is 0.432 e. The Kier molecular flexibility index (Phi) is 3.09. The van der Waals surface area contributed by atoms with Crippen molar-refractivity contribution in [3.8, 4) is 5.88 Å². The van der Waals surface area contributed by atoms with E-state index in [1.807, 2.05) is 0 Å². The zero-order chi connectivity index (χ0) is 8.97. The summed E-state index contributed by atoms with van der Waals surface area (Å²) in [6.07, 6.45) is 0.204. The van der Waals surface area contributed by atoms with Gasteiger partial charge in [0.05, 0.1) is 6.61 Å². The number of rotatable bonds is 3. The lowest BCUT2D eigenvalue weighted by molar-refractivity contribution is 0.191. The van der Waals surface area contributed by atoms with Crippen molar-refractivity contribution >= 4 is 22.0 Å². The minimum atomic E-state index is -1.12. The molecule has 0 spiro atoms. The van der Waals surface area contributed by atoms with E-state index in [1.54, 1.807) is 0 Å². The second-order valence-electron chi connectivity index (χ2n) is 1.92. The van der Waals surface area contributed by atoms with Crippen LogP contribution >= 0.6 is 15.9 Å². The molecule has 0 aromatic carbocycles. The topological polar surface area (TPSA) is 64.3 Å². The van der Waals surface area contributed by atoms with Gasteiger partial charge in [-0.2, -0.15) is 4.68 Å². The van der Waals surface area contributed by atoms with Crippen LogP contribution in [-0.4, -0.2) is 32.9 Å². The summed E-state index contributed by atoms with van der Waals surface area (Å²) < 4.78 is 5.84. The molecule has 0 atom stereocenters. The highest BCUT2D eigenvalue weighted by atomic mass is 79.9. The molecule has 0 radical (unpaired) electrons. The van der Waals surface area contributed by atoms with Crippen molar-refractivity contribution in [1.29, 1.82) is 0 Å². The minimum absolute atomic E-state index is 0.317. The summed E-state index contributed by atoms with van der Waals surface area (Å²) in [6.45, 7) is 0.469. The number of aromatic nitrogens is 2. The Bertz CT molecular complexity index is 274. The van der Waals surface area contributed by atoms with Gasteiger partial charge in [-0.15, -0.1) is 5.10 Å². The van der Waals surface area contributed by atoms with Crippen molar-refractivity contribution in [2.75, 3.05) is 11.9 Å². The molecule has 0 aliphatic rings. The molecule has 0 unspecified atom stereocenters. The van der Waals surface area contributed by atoms with Crippen molar-refractivity contribution in [3.05, 3.63) is 12.3 Å². The van der Waals surface area contributed by atoms with E-state index in [0.29, 0.717) is 17.8 Å². The largest absolute Gasteiger partial charge is 0.476 e. The molecule has 6 heteroatoms. The molecule has 1 N–H and O–H groups in total. The zero-order valence-electron chi connectivity index (χ0n) is 6.11. The molecule has 1 rings (SSSR count). The predicted octanol–water partition coefficient (Wildman–Crippen LogP) is 1.18. The Hall–Kier alpha value is -1.04. The number of carbonyl (C=O) groups is 1. The lowest BCUT2D eigenvalue weighted by Crippen LogP contribution is -2.08. The van der Waals surface area contributed by atoms with Crippen LogP contribution in [0.3, 0.4) is 0 Å². The van der Waals surface area contributed by atoms with Gasteiger partial charge in [-0.25, -0.2) is 4.79 Å². The van der Waals surface area contributed by atoms with Crippen LogP contribution in [-0.2, 0) is 0 Å². The lowest BCUT2D eigenvalue weighted by Gasteiger charge is -1.96. The molecule has 0 amide bonds. The van der Waals surface area contributed by atoms with Gasteiger partial charge < -0.3 is 9.84 Å². The molecule has 0 bridgehead atoms. The molecular formula is C6H7BrN2O3. The minimum Gasteiger partial charge on any atom is -0.476 e. The number of alkyl halides is 1. The van der Waals surface area contributed by atoms with E-state index in [2.05, 4.69) is 21.0 Å². The predicted molar refractivity (Wildman–Crippen MR) is 44.9 cm³/mol. The average molecular weight is 235 g/mol. The van der Waals surface area contributed by atoms with Crippen LogP contribution < -0.4 is 4.74 Å². The van der Waals surface area contributed by atoms with Gasteiger partial charge in [0, 0.05) is 17.6 Å². The van der Waals surface area contributed by atoms with Gasteiger partial charge in [0.2, 0.25) is 5.88 Å². The Morgan fingerprint density at radius 2 is 2.58 bits per heavy atom. The van der Waals surface area contributed by atoms with E-state index in [4.69, 9.17) is 9.84 Å². The first-order chi connectivity index (χ1) is 5.74. The van der Waals surface area contributed by atoms with Crippen LogP contribution in [0.4, 0.5) is 4.79 Å². The number of hydrogen-bond donors (Lipinski definition) is 1. The van der Waals surface area contributed by atoms with E-state index < -0.39 is 6.09 Å². The highest BCUT2D eigenvalue weighted by Crippen LogP contribution is 2.04. The van der Waals surface area contributed by atoms with Crippen LogP contribution in [0.15, 0.2) is 12.3 Å². The summed E-state index contributed by atoms with van der Waals surface area (Å²) in [5.41, 5.74) is 0. The van der Waals surface area contributed by atoms with Crippen LogP contribution in [0.2, 0.25) is 0 Å². The van der Waals surface area contributed by atoms with E-state index in [9.17, 15) is 4.79 Å². The van der Waals surface area contributed by atoms with Crippen LogP contribution in [0.1, 0.15) is 0 Å². The number of carboxylic acid groups (broad SMARTS) is 1. The van der Waals surface area contributed by atoms with E-state index >= 15 is 0 Å². The molecule has 1 heterocycles. The first kappa shape index (κ1) is 9.05. The second kappa shape index (κ2) is 4.10. The van der Waals surface area contributed by atoms with Gasteiger partial charge in [0.15, 0.2) is 0 Å². The SMILES string of the molecule is O=C(O)n1ccc(OCCBr)n1. The summed E-state index contributed by atoms with van der Waals surface area (Å²) in [5, 5.41) is 12.8. The van der Waals surface area contributed by atoms with E-state index in [1.165, 1.54) is 12.3 Å². The third kappa shape index (κ3) is 2.23. The van der Waals surface area contributed by atoms with Gasteiger partial charge in [-0.05, 0) is 0 Å². The fraction of sp³-hybridized carbons (Fsp3) is 0.333. The van der Waals surface area contributed by atoms with Crippen molar-refractivity contribution in [3.63, 3.8) is 0 Å². The first-order valence-electron chi connectivity index (χ1n) is 3.22. The molecule has 66 valence electrons. The summed E-state index contributed by atoms with van der Waals surface area (Å²) in [5.74, 6) is 0.317. The molecule has 5 nitrogen and oxygen atoms in total. The van der Waals surface area contributed by atoms with Crippen LogP contribution in [0.25, 0.3) is 0 Å². The summed E-state index contributed by atoms with van der Waals surface area (Å²) in [7, 11) is 0.